The first-order chi connectivity index (χ1) is 11.1. The highest BCUT2D eigenvalue weighted by Crippen LogP contribution is 2.23. The van der Waals surface area contributed by atoms with Crippen molar-refractivity contribution < 1.29 is 9.90 Å². The zero-order valence-corrected chi connectivity index (χ0v) is 12.5. The zero-order valence-electron chi connectivity index (χ0n) is 12.5. The Labute approximate surface area is 132 Å². The molecule has 4 rings (SSSR count). The smallest absolute Gasteiger partial charge is 0.276 e. The first-order valence-corrected chi connectivity index (χ1v) is 7.38. The number of aliphatic hydroxyl groups is 1. The molecule has 0 spiro atoms. The van der Waals surface area contributed by atoms with Gasteiger partial charge < -0.3 is 10.0 Å². The van der Waals surface area contributed by atoms with Crippen LogP contribution in [0.1, 0.15) is 16.2 Å². The van der Waals surface area contributed by atoms with Crippen LogP contribution in [-0.4, -0.2) is 55.1 Å². The summed E-state index contributed by atoms with van der Waals surface area (Å²) in [6, 6.07) is 7.75. The molecule has 3 heterocycles. The largest absolute Gasteiger partial charge is 0.389 e. The van der Waals surface area contributed by atoms with Gasteiger partial charge >= 0.3 is 0 Å². The highest BCUT2D eigenvalue weighted by molar-refractivity contribution is 5.94. The molecule has 1 saturated heterocycles. The molecule has 7 heteroatoms. The molecule has 1 aliphatic rings. The number of nitrogens with zero attached hydrogens (tertiary/aromatic N) is 5. The van der Waals surface area contributed by atoms with Crippen LogP contribution in [0.5, 0.6) is 0 Å². The Kier molecular flexibility index (Phi) is 3.09. The Morgan fingerprint density at radius 2 is 2.13 bits per heavy atom. The summed E-state index contributed by atoms with van der Waals surface area (Å²) in [4.78, 5) is 18.1. The summed E-state index contributed by atoms with van der Waals surface area (Å²) in [6.45, 7) is 2.53. The minimum Gasteiger partial charge on any atom is -0.389 e. The highest BCUT2D eigenvalue weighted by Gasteiger charge is 2.32. The lowest BCUT2D eigenvalue weighted by Crippen LogP contribution is -2.53. The highest BCUT2D eigenvalue weighted by atomic mass is 16.3. The standard InChI is InChI=1S/C16H15N5O2/c1-10-15(16(23)20-8-12(22)9-20)18-19-21(10)14-4-2-3-11-7-17-6-5-13(11)14/h2-7,12,22H,8-9H2,1H3. The third kappa shape index (κ3) is 2.17. The van der Waals surface area contributed by atoms with Crippen molar-refractivity contribution in [3.63, 3.8) is 0 Å². The van der Waals surface area contributed by atoms with E-state index in [1.165, 1.54) is 0 Å². The number of amides is 1. The topological polar surface area (TPSA) is 84.1 Å². The molecule has 0 radical (unpaired) electrons. The van der Waals surface area contributed by atoms with E-state index in [0.717, 1.165) is 16.5 Å². The molecular weight excluding hydrogens is 294 g/mol. The number of hydrogen-bond donors (Lipinski definition) is 1. The Morgan fingerprint density at radius 1 is 1.30 bits per heavy atom. The van der Waals surface area contributed by atoms with Gasteiger partial charge in [0.25, 0.3) is 5.91 Å². The van der Waals surface area contributed by atoms with E-state index in [1.807, 2.05) is 31.2 Å². The molecular formula is C16H15N5O2. The van der Waals surface area contributed by atoms with Crippen LogP contribution in [0.15, 0.2) is 36.7 Å². The average Bonchev–Trinajstić information content (AvgIpc) is 2.92. The van der Waals surface area contributed by atoms with Crippen molar-refractivity contribution in [3.05, 3.63) is 48.0 Å². The van der Waals surface area contributed by atoms with Gasteiger partial charge in [-0.05, 0) is 19.1 Å². The van der Waals surface area contributed by atoms with Crippen LogP contribution in [0.25, 0.3) is 16.5 Å². The molecule has 1 fully saturated rings. The number of β-amino-alcohol motifs (C(OH)–C–C–N with tert-alkyl or cyclic N) is 1. The van der Waals surface area contributed by atoms with Gasteiger partial charge in [-0.1, -0.05) is 17.3 Å². The fourth-order valence-electron chi connectivity index (χ4n) is 2.82. The molecule has 0 atom stereocenters. The first-order valence-electron chi connectivity index (χ1n) is 7.38. The summed E-state index contributed by atoms with van der Waals surface area (Å²) in [5.41, 5.74) is 1.86. The van der Waals surface area contributed by atoms with Crippen LogP contribution in [0, 0.1) is 6.92 Å². The van der Waals surface area contributed by atoms with Crippen molar-refractivity contribution in [2.45, 2.75) is 13.0 Å². The van der Waals surface area contributed by atoms with Crippen LogP contribution >= 0.6 is 0 Å². The maximum atomic E-state index is 12.4. The molecule has 1 aromatic carbocycles. The van der Waals surface area contributed by atoms with Crippen molar-refractivity contribution in [2.75, 3.05) is 13.1 Å². The summed E-state index contributed by atoms with van der Waals surface area (Å²) in [5, 5.41) is 19.5. The fraction of sp³-hybridized carbons (Fsp3) is 0.250. The molecule has 23 heavy (non-hydrogen) atoms. The van der Waals surface area contributed by atoms with Gasteiger partial charge in [-0.25, -0.2) is 4.68 Å². The van der Waals surface area contributed by atoms with Crippen LogP contribution in [-0.2, 0) is 0 Å². The Bertz CT molecular complexity index is 893. The van der Waals surface area contributed by atoms with E-state index in [1.54, 1.807) is 22.0 Å². The summed E-state index contributed by atoms with van der Waals surface area (Å²) in [6.07, 6.45) is 3.09. The lowest BCUT2D eigenvalue weighted by molar-refractivity contribution is 0.00544. The SMILES string of the molecule is Cc1c(C(=O)N2CC(O)C2)nnn1-c1cccc2cnccc12. The van der Waals surface area contributed by atoms with E-state index in [2.05, 4.69) is 15.3 Å². The van der Waals surface area contributed by atoms with Gasteiger partial charge in [0.05, 0.1) is 17.5 Å². The van der Waals surface area contributed by atoms with E-state index in [4.69, 9.17) is 0 Å². The Balaban J connectivity index is 1.77. The van der Waals surface area contributed by atoms with Gasteiger partial charge in [-0.3, -0.25) is 9.78 Å². The number of benzene rings is 1. The minimum absolute atomic E-state index is 0.194. The Hall–Kier alpha value is -2.80. The lowest BCUT2D eigenvalue weighted by Gasteiger charge is -2.35. The maximum absolute atomic E-state index is 12.4. The molecule has 0 aliphatic carbocycles. The molecule has 2 aromatic heterocycles. The van der Waals surface area contributed by atoms with Crippen LogP contribution < -0.4 is 0 Å². The first kappa shape index (κ1) is 13.8. The lowest BCUT2D eigenvalue weighted by atomic mass is 10.1. The third-order valence-electron chi connectivity index (χ3n) is 4.13. The molecule has 1 amide bonds. The summed E-state index contributed by atoms with van der Waals surface area (Å²) in [5.74, 6) is -0.194. The predicted molar refractivity (Wildman–Crippen MR) is 83.3 cm³/mol. The summed E-state index contributed by atoms with van der Waals surface area (Å²) in [7, 11) is 0. The number of hydrogen-bond acceptors (Lipinski definition) is 5. The molecule has 7 nitrogen and oxygen atoms in total. The van der Waals surface area contributed by atoms with Gasteiger partial charge in [0.2, 0.25) is 0 Å². The van der Waals surface area contributed by atoms with Gasteiger partial charge in [0.15, 0.2) is 5.69 Å². The fourth-order valence-corrected chi connectivity index (χ4v) is 2.82. The summed E-state index contributed by atoms with van der Waals surface area (Å²) < 4.78 is 1.67. The number of pyridine rings is 1. The quantitative estimate of drug-likeness (QED) is 0.761. The molecule has 0 saturated carbocycles. The molecule has 0 unspecified atom stereocenters. The second kappa shape index (κ2) is 5.13. The minimum atomic E-state index is -0.431. The van der Waals surface area contributed by atoms with Crippen molar-refractivity contribution in [3.8, 4) is 5.69 Å². The Morgan fingerprint density at radius 3 is 2.91 bits per heavy atom. The van der Waals surface area contributed by atoms with Crippen molar-refractivity contribution in [2.24, 2.45) is 0 Å². The van der Waals surface area contributed by atoms with E-state index >= 15 is 0 Å². The molecule has 3 aromatic rings. The monoisotopic (exact) mass is 309 g/mol. The van der Waals surface area contributed by atoms with Crippen LogP contribution in [0.2, 0.25) is 0 Å². The maximum Gasteiger partial charge on any atom is 0.276 e. The van der Waals surface area contributed by atoms with Gasteiger partial charge in [-0.15, -0.1) is 5.10 Å². The summed E-state index contributed by atoms with van der Waals surface area (Å²) >= 11 is 0. The number of rotatable bonds is 2. The number of carbonyl (C=O) groups excluding carboxylic acids is 1. The van der Waals surface area contributed by atoms with Gasteiger partial charge in [0, 0.05) is 36.3 Å². The average molecular weight is 309 g/mol. The molecule has 1 N–H and O–H groups in total. The van der Waals surface area contributed by atoms with E-state index < -0.39 is 6.10 Å². The van der Waals surface area contributed by atoms with Crippen LogP contribution in [0.4, 0.5) is 0 Å². The van der Waals surface area contributed by atoms with E-state index in [0.29, 0.717) is 24.5 Å². The molecule has 1 aliphatic heterocycles. The zero-order chi connectivity index (χ0) is 16.0. The third-order valence-corrected chi connectivity index (χ3v) is 4.13. The number of fused-ring (bicyclic) bond motifs is 1. The van der Waals surface area contributed by atoms with Crippen LogP contribution in [0.3, 0.4) is 0 Å². The second-order valence-corrected chi connectivity index (χ2v) is 5.67. The van der Waals surface area contributed by atoms with Crippen molar-refractivity contribution >= 4 is 16.7 Å². The number of aliphatic hydroxyl groups excluding tert-OH is 1. The normalized spacial score (nSPS) is 15.0. The van der Waals surface area contributed by atoms with Gasteiger partial charge in [-0.2, -0.15) is 0 Å². The van der Waals surface area contributed by atoms with Gasteiger partial charge in [0.1, 0.15) is 0 Å². The second-order valence-electron chi connectivity index (χ2n) is 5.67. The predicted octanol–water partition coefficient (Wildman–Crippen LogP) is 0.941. The number of carbonyl (C=O) groups is 1. The number of aromatic nitrogens is 4. The molecule has 116 valence electrons. The van der Waals surface area contributed by atoms with Crippen molar-refractivity contribution in [1.29, 1.82) is 0 Å². The van der Waals surface area contributed by atoms with E-state index in [-0.39, 0.29) is 5.91 Å². The number of likely N-dealkylation sites (tertiary alicyclic amines) is 1. The van der Waals surface area contributed by atoms with E-state index in [9.17, 15) is 9.90 Å². The molecule has 0 bridgehead atoms. The van der Waals surface area contributed by atoms with Crippen molar-refractivity contribution in [1.82, 2.24) is 24.9 Å².